The summed E-state index contributed by atoms with van der Waals surface area (Å²) in [6.45, 7) is 0. The van der Waals surface area contributed by atoms with E-state index < -0.39 is 16.7 Å². The molecule has 0 spiro atoms. The molecule has 1 aliphatic heterocycles. The van der Waals surface area contributed by atoms with Gasteiger partial charge in [0.15, 0.2) is 5.58 Å². The van der Waals surface area contributed by atoms with E-state index in [1.54, 1.807) is 36.4 Å². The van der Waals surface area contributed by atoms with Gasteiger partial charge in [-0.2, -0.15) is 9.78 Å². The molecular formula is C20H10Br2N4O4S. The number of H-pyrrole nitrogens is 1. The van der Waals surface area contributed by atoms with E-state index in [4.69, 9.17) is 4.42 Å². The fraction of sp³-hybridized carbons (Fsp3) is 0.0500. The normalized spacial score (nSPS) is 14.0. The second-order valence-electron chi connectivity index (χ2n) is 6.60. The van der Waals surface area contributed by atoms with Crippen LogP contribution in [0.4, 0.5) is 0 Å². The second-order valence-corrected chi connectivity index (χ2v) is 9.31. The van der Waals surface area contributed by atoms with E-state index in [9.17, 15) is 14.4 Å². The van der Waals surface area contributed by atoms with Gasteiger partial charge in [-0.15, -0.1) is 5.10 Å². The van der Waals surface area contributed by atoms with E-state index in [0.717, 1.165) is 9.15 Å². The maximum atomic E-state index is 12.8. The Balaban J connectivity index is 1.61. The zero-order chi connectivity index (χ0) is 21.7. The summed E-state index contributed by atoms with van der Waals surface area (Å²) in [4.78, 5) is 37.6. The summed E-state index contributed by atoms with van der Waals surface area (Å²) in [5, 5.41) is 12.3. The molecule has 0 bridgehead atoms. The van der Waals surface area contributed by atoms with Gasteiger partial charge in [0.25, 0.3) is 11.1 Å². The van der Waals surface area contributed by atoms with Crippen LogP contribution in [0.25, 0.3) is 21.7 Å². The average Bonchev–Trinajstić information content (AvgIpc) is 2.77. The lowest BCUT2D eigenvalue weighted by molar-refractivity contribution is 0.557. The van der Waals surface area contributed by atoms with Crippen LogP contribution < -0.4 is 16.7 Å². The van der Waals surface area contributed by atoms with Crippen molar-refractivity contribution in [2.24, 2.45) is 10.2 Å². The van der Waals surface area contributed by atoms with Crippen LogP contribution in [0.3, 0.4) is 0 Å². The van der Waals surface area contributed by atoms with Crippen molar-refractivity contribution >= 4 is 76.2 Å². The van der Waals surface area contributed by atoms with Gasteiger partial charge in [-0.05, 0) is 46.3 Å². The van der Waals surface area contributed by atoms with E-state index in [-0.39, 0.29) is 21.9 Å². The number of halogens is 2. The first-order valence-electron chi connectivity index (χ1n) is 8.87. The van der Waals surface area contributed by atoms with Crippen molar-refractivity contribution in [1.82, 2.24) is 9.78 Å². The molecule has 0 atom stereocenters. The number of benzene rings is 2. The largest absolute Gasteiger partial charge is 0.421 e. The first kappa shape index (κ1) is 20.2. The highest BCUT2D eigenvalue weighted by atomic mass is 79.9. The molecule has 1 N–H and O–H groups in total. The third kappa shape index (κ3) is 3.52. The van der Waals surface area contributed by atoms with Gasteiger partial charge in [-0.1, -0.05) is 39.8 Å². The highest BCUT2D eigenvalue weighted by molar-refractivity contribution is 9.11. The molecule has 5 rings (SSSR count). The maximum Gasteiger partial charge on any atom is 0.345 e. The van der Waals surface area contributed by atoms with Gasteiger partial charge in [-0.25, -0.2) is 4.79 Å². The summed E-state index contributed by atoms with van der Waals surface area (Å²) in [5.41, 5.74) is -0.209. The van der Waals surface area contributed by atoms with Crippen molar-refractivity contribution in [2.45, 2.75) is 0 Å². The van der Waals surface area contributed by atoms with Crippen LogP contribution in [0.2, 0.25) is 0 Å². The van der Waals surface area contributed by atoms with Crippen molar-refractivity contribution in [3.63, 3.8) is 0 Å². The molecule has 8 nitrogen and oxygen atoms in total. The molecule has 0 fully saturated rings. The minimum absolute atomic E-state index is 0.215. The summed E-state index contributed by atoms with van der Waals surface area (Å²) in [6.07, 6.45) is 0. The Morgan fingerprint density at radius 2 is 1.81 bits per heavy atom. The first-order valence-corrected chi connectivity index (χ1v) is 11.4. The summed E-state index contributed by atoms with van der Waals surface area (Å²) >= 11 is 7.99. The molecule has 0 unspecified atom stereocenters. The standard InChI is InChI=1S/C20H10Br2N4O4S/c21-10-5-9-6-13(19(29)30-16(9)14(22)7-10)15-8-31-20(24-23-15)26-18(28)12-4-2-1-3-11(12)17(27)25-26/h1-7H,8H2,(H,25,27). The minimum atomic E-state index is -0.537. The second kappa shape index (κ2) is 7.74. The van der Waals surface area contributed by atoms with Gasteiger partial charge in [0, 0.05) is 15.6 Å². The van der Waals surface area contributed by atoms with Crippen LogP contribution in [-0.2, 0) is 0 Å². The van der Waals surface area contributed by atoms with Crippen molar-refractivity contribution in [3.05, 3.63) is 88.1 Å². The maximum absolute atomic E-state index is 12.8. The molecule has 4 aromatic rings. The Morgan fingerprint density at radius 3 is 2.55 bits per heavy atom. The fourth-order valence-corrected chi connectivity index (χ4v) is 5.40. The molecule has 0 aliphatic carbocycles. The molecule has 0 radical (unpaired) electrons. The number of rotatable bonds is 1. The molecule has 1 aliphatic rings. The molecule has 0 amide bonds. The van der Waals surface area contributed by atoms with E-state index in [1.165, 1.54) is 11.8 Å². The van der Waals surface area contributed by atoms with Crippen LogP contribution in [0.5, 0.6) is 0 Å². The molecule has 154 valence electrons. The number of thioether (sulfide) groups is 1. The number of nitrogens with one attached hydrogen (secondary N) is 1. The molecule has 2 aromatic carbocycles. The molecule has 0 saturated carbocycles. The van der Waals surface area contributed by atoms with E-state index in [0.29, 0.717) is 26.5 Å². The van der Waals surface area contributed by atoms with E-state index in [1.807, 2.05) is 6.07 Å². The zero-order valence-electron chi connectivity index (χ0n) is 15.4. The number of fused-ring (bicyclic) bond motifs is 2. The molecule has 0 saturated heterocycles. The minimum Gasteiger partial charge on any atom is -0.421 e. The van der Waals surface area contributed by atoms with Crippen LogP contribution in [0, 0.1) is 0 Å². The van der Waals surface area contributed by atoms with Crippen molar-refractivity contribution in [2.75, 3.05) is 5.75 Å². The molecular weight excluding hydrogens is 552 g/mol. The van der Waals surface area contributed by atoms with Gasteiger partial charge >= 0.3 is 5.63 Å². The molecule has 3 heterocycles. The molecule has 2 aromatic heterocycles. The van der Waals surface area contributed by atoms with Gasteiger partial charge in [-0.3, -0.25) is 14.7 Å². The van der Waals surface area contributed by atoms with Crippen LogP contribution in [0.1, 0.15) is 5.56 Å². The lowest BCUT2D eigenvalue weighted by Crippen LogP contribution is -2.35. The summed E-state index contributed by atoms with van der Waals surface area (Å²) in [6, 6.07) is 11.9. The monoisotopic (exact) mass is 560 g/mol. The SMILES string of the molecule is O=c1oc2c(Br)cc(Br)cc2cc1C1=NN=C(n2[nH]c(=O)c3ccccc3c2=O)SC1. The summed E-state index contributed by atoms with van der Waals surface area (Å²) < 4.78 is 8.02. The topological polar surface area (TPSA) is 110 Å². The number of hydrogen-bond acceptors (Lipinski definition) is 7. The van der Waals surface area contributed by atoms with Gasteiger partial charge in [0.05, 0.1) is 26.5 Å². The van der Waals surface area contributed by atoms with Gasteiger partial charge in [0.1, 0.15) is 0 Å². The third-order valence-electron chi connectivity index (χ3n) is 4.67. The lowest BCUT2D eigenvalue weighted by atomic mass is 10.1. The number of nitrogens with zero attached hydrogens (tertiary/aromatic N) is 3. The predicted molar refractivity (Wildman–Crippen MR) is 129 cm³/mol. The Labute approximate surface area is 193 Å². The number of hydrogen-bond donors (Lipinski definition) is 1. The van der Waals surface area contributed by atoms with Crippen LogP contribution in [0.15, 0.2) is 80.4 Å². The highest BCUT2D eigenvalue weighted by Gasteiger charge is 2.20. The Kier molecular flexibility index (Phi) is 5.03. The Hall–Kier alpha value is -2.76. The summed E-state index contributed by atoms with van der Waals surface area (Å²) in [7, 11) is 0. The Bertz CT molecular complexity index is 1630. The predicted octanol–water partition coefficient (Wildman–Crippen LogP) is 3.68. The van der Waals surface area contributed by atoms with Crippen LogP contribution >= 0.6 is 43.6 Å². The smallest absolute Gasteiger partial charge is 0.345 e. The summed E-state index contributed by atoms with van der Waals surface area (Å²) in [5.74, 6) is 0.269. The van der Waals surface area contributed by atoms with Gasteiger partial charge in [0.2, 0.25) is 5.17 Å². The zero-order valence-corrected chi connectivity index (χ0v) is 19.4. The first-order chi connectivity index (χ1) is 14.9. The molecule has 31 heavy (non-hydrogen) atoms. The van der Waals surface area contributed by atoms with Crippen molar-refractivity contribution < 1.29 is 4.42 Å². The van der Waals surface area contributed by atoms with E-state index in [2.05, 4.69) is 47.2 Å². The number of aromatic amines is 1. The van der Waals surface area contributed by atoms with Crippen LogP contribution in [-0.4, -0.2) is 26.4 Å². The number of aromatic nitrogens is 2. The van der Waals surface area contributed by atoms with Crippen molar-refractivity contribution in [1.29, 1.82) is 0 Å². The lowest BCUT2D eigenvalue weighted by Gasteiger charge is -2.13. The van der Waals surface area contributed by atoms with E-state index >= 15 is 0 Å². The molecule has 11 heteroatoms. The average molecular weight is 562 g/mol. The third-order valence-corrected chi connectivity index (χ3v) is 6.65. The van der Waals surface area contributed by atoms with Gasteiger partial charge < -0.3 is 4.42 Å². The van der Waals surface area contributed by atoms with Crippen molar-refractivity contribution in [3.8, 4) is 0 Å². The quantitative estimate of drug-likeness (QED) is 0.356. The highest BCUT2D eigenvalue weighted by Crippen LogP contribution is 2.28. The fourth-order valence-electron chi connectivity index (χ4n) is 3.23. The Morgan fingerprint density at radius 1 is 1.03 bits per heavy atom.